The number of amides is 1. The summed E-state index contributed by atoms with van der Waals surface area (Å²) in [5.74, 6) is -0.320. The molecule has 0 fully saturated rings. The Labute approximate surface area is 163 Å². The molecule has 1 aromatic heterocycles. The van der Waals surface area contributed by atoms with Gasteiger partial charge in [0.1, 0.15) is 0 Å². The molecule has 3 aromatic rings. The molecule has 0 bridgehead atoms. The standard InChI is InChI=1S/C21H22N4O3/c1-13-7-5-6-8-18(13)12-24-16(4)20(15(3)23-24)22-21(26)17-9-10-19(25(27)28)14(2)11-17/h5-11H,12H2,1-4H3,(H,22,26). The molecule has 7 nitrogen and oxygen atoms in total. The van der Waals surface area contributed by atoms with Crippen molar-refractivity contribution in [3.8, 4) is 0 Å². The lowest BCUT2D eigenvalue weighted by Crippen LogP contribution is -2.14. The van der Waals surface area contributed by atoms with Gasteiger partial charge >= 0.3 is 0 Å². The molecule has 1 heterocycles. The first-order valence-corrected chi connectivity index (χ1v) is 8.93. The Balaban J connectivity index is 1.84. The van der Waals surface area contributed by atoms with Crippen molar-refractivity contribution in [1.82, 2.24) is 9.78 Å². The molecule has 1 amide bonds. The highest BCUT2D eigenvalue weighted by Gasteiger charge is 2.18. The van der Waals surface area contributed by atoms with Gasteiger partial charge in [0.2, 0.25) is 0 Å². The maximum absolute atomic E-state index is 12.7. The Kier molecular flexibility index (Phi) is 5.26. The minimum atomic E-state index is -0.457. The van der Waals surface area contributed by atoms with Crippen LogP contribution in [0.5, 0.6) is 0 Å². The van der Waals surface area contributed by atoms with E-state index in [1.54, 1.807) is 6.92 Å². The van der Waals surface area contributed by atoms with Gasteiger partial charge in [-0.2, -0.15) is 5.10 Å². The number of nitrogens with zero attached hydrogens (tertiary/aromatic N) is 3. The molecule has 0 spiro atoms. The summed E-state index contributed by atoms with van der Waals surface area (Å²) in [4.78, 5) is 23.2. The number of benzene rings is 2. The zero-order valence-corrected chi connectivity index (χ0v) is 16.3. The van der Waals surface area contributed by atoms with Crippen LogP contribution in [0.1, 0.15) is 38.4 Å². The molecule has 1 N–H and O–H groups in total. The molecule has 0 saturated heterocycles. The van der Waals surface area contributed by atoms with Gasteiger partial charge in [0, 0.05) is 17.2 Å². The summed E-state index contributed by atoms with van der Waals surface area (Å²) in [7, 11) is 0. The summed E-state index contributed by atoms with van der Waals surface area (Å²) in [6.45, 7) is 8.05. The van der Waals surface area contributed by atoms with Gasteiger partial charge in [-0.05, 0) is 51.0 Å². The number of carbonyl (C=O) groups is 1. The molecule has 2 aromatic carbocycles. The summed E-state index contributed by atoms with van der Waals surface area (Å²) >= 11 is 0. The molecule has 0 aliphatic rings. The highest BCUT2D eigenvalue weighted by molar-refractivity contribution is 6.05. The molecule has 28 heavy (non-hydrogen) atoms. The van der Waals surface area contributed by atoms with E-state index in [1.807, 2.05) is 30.7 Å². The number of nitro groups is 1. The fraction of sp³-hybridized carbons (Fsp3) is 0.238. The van der Waals surface area contributed by atoms with Crippen molar-refractivity contribution in [2.24, 2.45) is 0 Å². The molecule has 7 heteroatoms. The molecule has 0 atom stereocenters. The van der Waals surface area contributed by atoms with Gasteiger partial charge in [-0.1, -0.05) is 24.3 Å². The largest absolute Gasteiger partial charge is 0.319 e. The Morgan fingerprint density at radius 3 is 2.46 bits per heavy atom. The minimum Gasteiger partial charge on any atom is -0.319 e. The van der Waals surface area contributed by atoms with Crippen molar-refractivity contribution in [2.45, 2.75) is 34.2 Å². The number of nitrogens with one attached hydrogen (secondary N) is 1. The number of hydrogen-bond donors (Lipinski definition) is 1. The second kappa shape index (κ2) is 7.64. The van der Waals surface area contributed by atoms with Crippen LogP contribution in [0.3, 0.4) is 0 Å². The van der Waals surface area contributed by atoms with Crippen LogP contribution in [-0.2, 0) is 6.54 Å². The summed E-state index contributed by atoms with van der Waals surface area (Å²) in [6.07, 6.45) is 0. The van der Waals surface area contributed by atoms with E-state index in [0.29, 0.717) is 23.4 Å². The summed E-state index contributed by atoms with van der Waals surface area (Å²) in [5, 5.41) is 18.4. The molecule has 144 valence electrons. The van der Waals surface area contributed by atoms with Crippen LogP contribution >= 0.6 is 0 Å². The Morgan fingerprint density at radius 1 is 1.11 bits per heavy atom. The fourth-order valence-electron chi connectivity index (χ4n) is 3.17. The van der Waals surface area contributed by atoms with Crippen LogP contribution in [0.15, 0.2) is 42.5 Å². The van der Waals surface area contributed by atoms with Crippen LogP contribution < -0.4 is 5.32 Å². The molecule has 0 radical (unpaired) electrons. The number of nitro benzene ring substituents is 1. The lowest BCUT2D eigenvalue weighted by molar-refractivity contribution is -0.385. The maximum Gasteiger partial charge on any atom is 0.272 e. The predicted octanol–water partition coefficient (Wildman–Crippen LogP) is 4.33. The average Bonchev–Trinajstić information content (AvgIpc) is 2.90. The van der Waals surface area contributed by atoms with Gasteiger partial charge < -0.3 is 5.32 Å². The van der Waals surface area contributed by atoms with E-state index in [4.69, 9.17) is 0 Å². The van der Waals surface area contributed by atoms with Gasteiger partial charge in [0.15, 0.2) is 0 Å². The van der Waals surface area contributed by atoms with E-state index in [1.165, 1.54) is 23.8 Å². The molecule has 0 aliphatic heterocycles. The van der Waals surface area contributed by atoms with Crippen molar-refractivity contribution >= 4 is 17.3 Å². The highest BCUT2D eigenvalue weighted by Crippen LogP contribution is 2.23. The van der Waals surface area contributed by atoms with E-state index in [2.05, 4.69) is 29.5 Å². The summed E-state index contributed by atoms with van der Waals surface area (Å²) < 4.78 is 1.87. The number of hydrogen-bond acceptors (Lipinski definition) is 4. The Hall–Kier alpha value is -3.48. The first kappa shape index (κ1) is 19.3. The van der Waals surface area contributed by atoms with Crippen molar-refractivity contribution < 1.29 is 9.72 Å². The Morgan fingerprint density at radius 2 is 1.82 bits per heavy atom. The SMILES string of the molecule is Cc1ccccc1Cn1nc(C)c(NC(=O)c2ccc([N+](=O)[O-])c(C)c2)c1C. The molecule has 0 unspecified atom stereocenters. The third-order valence-corrected chi connectivity index (χ3v) is 4.86. The van der Waals surface area contributed by atoms with Crippen LogP contribution in [0.25, 0.3) is 0 Å². The van der Waals surface area contributed by atoms with E-state index in [-0.39, 0.29) is 11.6 Å². The monoisotopic (exact) mass is 378 g/mol. The topological polar surface area (TPSA) is 90.1 Å². The van der Waals surface area contributed by atoms with Crippen LogP contribution in [0, 0.1) is 37.8 Å². The smallest absolute Gasteiger partial charge is 0.272 e. The van der Waals surface area contributed by atoms with E-state index >= 15 is 0 Å². The fourth-order valence-corrected chi connectivity index (χ4v) is 3.17. The van der Waals surface area contributed by atoms with E-state index < -0.39 is 4.92 Å². The third kappa shape index (κ3) is 3.78. The van der Waals surface area contributed by atoms with Crippen LogP contribution in [0.2, 0.25) is 0 Å². The maximum atomic E-state index is 12.7. The molecular formula is C21H22N4O3. The normalized spacial score (nSPS) is 10.7. The van der Waals surface area contributed by atoms with Gasteiger partial charge in [-0.25, -0.2) is 0 Å². The molecular weight excluding hydrogens is 356 g/mol. The van der Waals surface area contributed by atoms with Crippen molar-refractivity contribution in [1.29, 1.82) is 0 Å². The average molecular weight is 378 g/mol. The third-order valence-electron chi connectivity index (χ3n) is 4.86. The second-order valence-electron chi connectivity index (χ2n) is 6.84. The quantitative estimate of drug-likeness (QED) is 0.529. The van der Waals surface area contributed by atoms with E-state index in [0.717, 1.165) is 17.0 Å². The van der Waals surface area contributed by atoms with Gasteiger partial charge in [0.25, 0.3) is 11.6 Å². The summed E-state index contributed by atoms with van der Waals surface area (Å²) in [5.41, 5.74) is 5.39. The number of anilines is 1. The van der Waals surface area contributed by atoms with Crippen molar-refractivity contribution in [2.75, 3.05) is 5.32 Å². The number of rotatable bonds is 5. The lowest BCUT2D eigenvalue weighted by atomic mass is 10.1. The van der Waals surface area contributed by atoms with Gasteiger partial charge in [-0.3, -0.25) is 19.6 Å². The number of aromatic nitrogens is 2. The first-order chi connectivity index (χ1) is 13.3. The molecule has 0 saturated carbocycles. The predicted molar refractivity (Wildman–Crippen MR) is 108 cm³/mol. The Bertz CT molecular complexity index is 1070. The summed E-state index contributed by atoms with van der Waals surface area (Å²) in [6, 6.07) is 12.4. The van der Waals surface area contributed by atoms with Crippen molar-refractivity contribution in [3.05, 3.63) is 86.2 Å². The van der Waals surface area contributed by atoms with Gasteiger partial charge in [0.05, 0.1) is 28.5 Å². The second-order valence-corrected chi connectivity index (χ2v) is 6.84. The van der Waals surface area contributed by atoms with E-state index in [9.17, 15) is 14.9 Å². The van der Waals surface area contributed by atoms with Crippen LogP contribution in [0.4, 0.5) is 11.4 Å². The van der Waals surface area contributed by atoms with Gasteiger partial charge in [-0.15, -0.1) is 0 Å². The minimum absolute atomic E-state index is 0.00467. The molecule has 3 rings (SSSR count). The number of carbonyl (C=O) groups excluding carboxylic acids is 1. The van der Waals surface area contributed by atoms with Crippen LogP contribution in [-0.4, -0.2) is 20.6 Å². The zero-order chi connectivity index (χ0) is 20.4. The van der Waals surface area contributed by atoms with Crippen molar-refractivity contribution in [3.63, 3.8) is 0 Å². The highest BCUT2D eigenvalue weighted by atomic mass is 16.6. The molecule has 0 aliphatic carbocycles. The zero-order valence-electron chi connectivity index (χ0n) is 16.3. The first-order valence-electron chi connectivity index (χ1n) is 8.93. The lowest BCUT2D eigenvalue weighted by Gasteiger charge is -2.09. The number of aryl methyl sites for hydroxylation is 3.